The van der Waals surface area contributed by atoms with E-state index in [0.717, 1.165) is 31.0 Å². The maximum atomic E-state index is 12.2. The molecule has 2 rings (SSSR count). The molecule has 1 amide bonds. The normalized spacial score (nSPS) is 28.3. The molecule has 2 saturated heterocycles. The van der Waals surface area contributed by atoms with Crippen molar-refractivity contribution in [2.45, 2.75) is 37.8 Å². The molecule has 0 radical (unpaired) electrons. The molecule has 6 heteroatoms. The molecule has 2 heterocycles. The zero-order chi connectivity index (χ0) is 13.0. The largest absolute Gasteiger partial charge is 0.481 e. The highest BCUT2D eigenvalue weighted by Gasteiger charge is 2.30. The van der Waals surface area contributed by atoms with Crippen LogP contribution in [0.2, 0.25) is 0 Å². The molecule has 0 aromatic heterocycles. The third-order valence-electron chi connectivity index (χ3n) is 3.38. The van der Waals surface area contributed by atoms with Crippen LogP contribution in [0.3, 0.4) is 0 Å². The maximum Gasteiger partial charge on any atom is 0.305 e. The van der Waals surface area contributed by atoms with Crippen LogP contribution in [0.15, 0.2) is 0 Å². The Kier molecular flexibility index (Phi) is 4.88. The van der Waals surface area contributed by atoms with Crippen molar-refractivity contribution < 1.29 is 19.4 Å². The number of carboxylic acids is 1. The molecule has 5 nitrogen and oxygen atoms in total. The zero-order valence-corrected chi connectivity index (χ0v) is 11.2. The lowest BCUT2D eigenvalue weighted by molar-refractivity contribution is -0.141. The lowest BCUT2D eigenvalue weighted by Crippen LogP contribution is -2.47. The van der Waals surface area contributed by atoms with Gasteiger partial charge in [0.15, 0.2) is 0 Å². The van der Waals surface area contributed by atoms with Gasteiger partial charge in [-0.15, -0.1) is 0 Å². The maximum absolute atomic E-state index is 12.2. The summed E-state index contributed by atoms with van der Waals surface area (Å²) in [7, 11) is 0. The third-order valence-corrected chi connectivity index (χ3v) is 4.48. The van der Waals surface area contributed by atoms with E-state index in [0.29, 0.717) is 13.0 Å². The molecule has 2 fully saturated rings. The Morgan fingerprint density at radius 1 is 1.39 bits per heavy atom. The molecule has 102 valence electrons. The fourth-order valence-electron chi connectivity index (χ4n) is 2.47. The van der Waals surface area contributed by atoms with Crippen LogP contribution >= 0.6 is 11.8 Å². The minimum absolute atomic E-state index is 0.0394. The quantitative estimate of drug-likeness (QED) is 0.827. The van der Waals surface area contributed by atoms with Gasteiger partial charge >= 0.3 is 5.97 Å². The van der Waals surface area contributed by atoms with Gasteiger partial charge in [-0.3, -0.25) is 9.59 Å². The first-order valence-electron chi connectivity index (χ1n) is 6.37. The summed E-state index contributed by atoms with van der Waals surface area (Å²) in [6.45, 7) is 1.40. The average molecular weight is 273 g/mol. The topological polar surface area (TPSA) is 66.8 Å². The van der Waals surface area contributed by atoms with E-state index in [4.69, 9.17) is 9.84 Å². The summed E-state index contributed by atoms with van der Waals surface area (Å²) in [5.74, 6) is 0.836. The molecular weight excluding hydrogens is 254 g/mol. The fraction of sp³-hybridized carbons (Fsp3) is 0.833. The van der Waals surface area contributed by atoms with E-state index in [2.05, 4.69) is 0 Å². The van der Waals surface area contributed by atoms with E-state index in [1.165, 1.54) is 0 Å². The third kappa shape index (κ3) is 3.62. The molecule has 0 aromatic rings. The summed E-state index contributed by atoms with van der Waals surface area (Å²) >= 11 is 1.72. The van der Waals surface area contributed by atoms with Gasteiger partial charge in [0.05, 0.1) is 25.0 Å². The molecule has 2 unspecified atom stereocenters. The van der Waals surface area contributed by atoms with Crippen molar-refractivity contribution in [2.75, 3.05) is 24.7 Å². The van der Waals surface area contributed by atoms with Crippen LogP contribution in [0, 0.1) is 0 Å². The zero-order valence-electron chi connectivity index (χ0n) is 10.3. The van der Waals surface area contributed by atoms with Crippen LogP contribution in [-0.4, -0.2) is 58.7 Å². The Hall–Kier alpha value is -0.750. The number of carbonyl (C=O) groups is 2. The van der Waals surface area contributed by atoms with Crippen molar-refractivity contribution in [3.8, 4) is 0 Å². The van der Waals surface area contributed by atoms with Gasteiger partial charge in [-0.05, 0) is 12.8 Å². The van der Waals surface area contributed by atoms with Crippen LogP contribution in [-0.2, 0) is 14.3 Å². The van der Waals surface area contributed by atoms with Crippen molar-refractivity contribution in [2.24, 2.45) is 0 Å². The molecule has 0 aliphatic carbocycles. The Morgan fingerprint density at radius 2 is 2.22 bits per heavy atom. The van der Waals surface area contributed by atoms with Gasteiger partial charge in [0.1, 0.15) is 0 Å². The Balaban J connectivity index is 1.90. The van der Waals surface area contributed by atoms with Crippen molar-refractivity contribution in [1.82, 2.24) is 4.90 Å². The predicted octanol–water partition coefficient (Wildman–Crippen LogP) is 0.974. The van der Waals surface area contributed by atoms with Crippen molar-refractivity contribution in [3.63, 3.8) is 0 Å². The second-order valence-electron chi connectivity index (χ2n) is 4.75. The number of carbonyl (C=O) groups excluding carboxylic acids is 1. The molecular formula is C12H19NO4S. The molecule has 2 aliphatic heterocycles. The number of thioether (sulfide) groups is 1. The molecule has 0 aromatic carbocycles. The van der Waals surface area contributed by atoms with E-state index in [1.54, 1.807) is 16.7 Å². The van der Waals surface area contributed by atoms with Gasteiger partial charge in [0, 0.05) is 24.7 Å². The number of nitrogens with zero attached hydrogens (tertiary/aromatic N) is 1. The van der Waals surface area contributed by atoms with Gasteiger partial charge in [0.25, 0.3) is 0 Å². The van der Waals surface area contributed by atoms with E-state index in [1.807, 2.05) is 0 Å². The monoisotopic (exact) mass is 273 g/mol. The second kappa shape index (κ2) is 6.43. The minimum Gasteiger partial charge on any atom is -0.481 e. The van der Waals surface area contributed by atoms with Crippen LogP contribution in [0.25, 0.3) is 0 Å². The lowest BCUT2D eigenvalue weighted by Gasteiger charge is -2.35. The minimum atomic E-state index is -0.836. The van der Waals surface area contributed by atoms with Crippen LogP contribution in [0.4, 0.5) is 0 Å². The van der Waals surface area contributed by atoms with Crippen LogP contribution in [0.5, 0.6) is 0 Å². The Morgan fingerprint density at radius 3 is 2.89 bits per heavy atom. The van der Waals surface area contributed by atoms with Crippen molar-refractivity contribution in [1.29, 1.82) is 0 Å². The van der Waals surface area contributed by atoms with E-state index >= 15 is 0 Å². The Bertz CT molecular complexity index is 317. The van der Waals surface area contributed by atoms with Crippen molar-refractivity contribution in [3.05, 3.63) is 0 Å². The van der Waals surface area contributed by atoms with Crippen LogP contribution in [0.1, 0.15) is 25.7 Å². The first-order valence-corrected chi connectivity index (χ1v) is 7.53. The molecule has 2 aliphatic rings. The highest BCUT2D eigenvalue weighted by Crippen LogP contribution is 2.22. The van der Waals surface area contributed by atoms with E-state index in [-0.39, 0.29) is 24.5 Å². The number of ether oxygens (including phenoxy) is 1. The number of carboxylic acid groups (broad SMARTS) is 1. The number of amides is 1. The molecule has 18 heavy (non-hydrogen) atoms. The number of hydrogen-bond donors (Lipinski definition) is 1. The van der Waals surface area contributed by atoms with E-state index in [9.17, 15) is 9.59 Å². The fourth-order valence-corrected chi connectivity index (χ4v) is 3.53. The molecule has 0 bridgehead atoms. The molecule has 0 saturated carbocycles. The second-order valence-corrected chi connectivity index (χ2v) is 5.90. The van der Waals surface area contributed by atoms with Gasteiger partial charge in [0.2, 0.25) is 5.91 Å². The average Bonchev–Trinajstić information content (AvgIpc) is 2.81. The first-order chi connectivity index (χ1) is 8.66. The summed E-state index contributed by atoms with van der Waals surface area (Å²) in [5.41, 5.74) is 0. The molecule has 2 atom stereocenters. The summed E-state index contributed by atoms with van der Waals surface area (Å²) in [6, 6.07) is -0.157. The van der Waals surface area contributed by atoms with Gasteiger partial charge < -0.3 is 14.7 Å². The molecule has 0 spiro atoms. The lowest BCUT2D eigenvalue weighted by atomic mass is 10.1. The standard InChI is InChI=1S/C12H19NO4S/c14-11(7-10-2-1-4-17-10)13-3-5-18-8-9(13)6-12(15)16/h9-10H,1-8H2,(H,15,16). The summed E-state index contributed by atoms with van der Waals surface area (Å²) in [6.07, 6.45) is 2.45. The van der Waals surface area contributed by atoms with Gasteiger partial charge in [-0.1, -0.05) is 0 Å². The van der Waals surface area contributed by atoms with E-state index < -0.39 is 5.97 Å². The predicted molar refractivity (Wildman–Crippen MR) is 68.7 cm³/mol. The summed E-state index contributed by atoms with van der Waals surface area (Å²) in [5, 5.41) is 8.88. The SMILES string of the molecule is O=C(O)CC1CSCCN1C(=O)CC1CCCO1. The summed E-state index contributed by atoms with van der Waals surface area (Å²) < 4.78 is 5.46. The number of hydrogen-bond acceptors (Lipinski definition) is 4. The first kappa shape index (κ1) is 13.7. The highest BCUT2D eigenvalue weighted by atomic mass is 32.2. The molecule has 1 N–H and O–H groups in total. The number of aliphatic carboxylic acids is 1. The van der Waals surface area contributed by atoms with Crippen LogP contribution < -0.4 is 0 Å². The summed E-state index contributed by atoms with van der Waals surface area (Å²) in [4.78, 5) is 24.7. The van der Waals surface area contributed by atoms with Gasteiger partial charge in [-0.25, -0.2) is 0 Å². The van der Waals surface area contributed by atoms with Crippen molar-refractivity contribution >= 4 is 23.6 Å². The smallest absolute Gasteiger partial charge is 0.305 e. The number of rotatable bonds is 4. The Labute approximate surface area is 111 Å². The van der Waals surface area contributed by atoms with Gasteiger partial charge in [-0.2, -0.15) is 11.8 Å². The highest BCUT2D eigenvalue weighted by molar-refractivity contribution is 7.99.